The van der Waals surface area contributed by atoms with E-state index in [9.17, 15) is 4.79 Å². The van der Waals surface area contributed by atoms with Gasteiger partial charge in [0.1, 0.15) is 22.1 Å². The van der Waals surface area contributed by atoms with Crippen molar-refractivity contribution in [2.45, 2.75) is 12.8 Å². The molecule has 0 aliphatic heterocycles. The zero-order valence-electron chi connectivity index (χ0n) is 14.3. The third-order valence-electron chi connectivity index (χ3n) is 4.22. The standard InChI is InChI=1S/C20H17N3O2S/c1-25-17-10-6-5-9-15(17)19-16(13-24)23-20(21-19)26-18(22-23)12-11-14-7-3-2-4-8-14/h2-10,13H,11-12H2,1H3. The van der Waals surface area contributed by atoms with Crippen molar-refractivity contribution >= 4 is 22.6 Å². The summed E-state index contributed by atoms with van der Waals surface area (Å²) in [6, 6.07) is 17.8. The first-order valence-corrected chi connectivity index (χ1v) is 9.12. The van der Waals surface area contributed by atoms with E-state index in [2.05, 4.69) is 22.2 Å². The van der Waals surface area contributed by atoms with Gasteiger partial charge >= 0.3 is 0 Å². The van der Waals surface area contributed by atoms with Gasteiger partial charge in [-0.3, -0.25) is 4.79 Å². The summed E-state index contributed by atoms with van der Waals surface area (Å²) in [5.74, 6) is 0.686. The number of fused-ring (bicyclic) bond motifs is 1. The molecule has 0 spiro atoms. The zero-order valence-corrected chi connectivity index (χ0v) is 15.1. The summed E-state index contributed by atoms with van der Waals surface area (Å²) >= 11 is 1.52. The number of imidazole rings is 1. The third-order valence-corrected chi connectivity index (χ3v) is 5.19. The van der Waals surface area contributed by atoms with E-state index in [0.29, 0.717) is 17.1 Å². The van der Waals surface area contributed by atoms with Gasteiger partial charge in [-0.1, -0.05) is 53.8 Å². The van der Waals surface area contributed by atoms with Crippen molar-refractivity contribution in [2.75, 3.05) is 7.11 Å². The minimum Gasteiger partial charge on any atom is -0.496 e. The number of ether oxygens (including phenoxy) is 1. The first kappa shape index (κ1) is 16.5. The van der Waals surface area contributed by atoms with Gasteiger partial charge in [-0.15, -0.1) is 0 Å². The molecule has 4 rings (SSSR count). The SMILES string of the molecule is COc1ccccc1-c1nc2sc(CCc3ccccc3)nn2c1C=O. The molecular formula is C20H17N3O2S. The fraction of sp³-hybridized carbons (Fsp3) is 0.150. The van der Waals surface area contributed by atoms with Crippen LogP contribution in [0.2, 0.25) is 0 Å². The zero-order chi connectivity index (χ0) is 17.9. The van der Waals surface area contributed by atoms with Crippen molar-refractivity contribution < 1.29 is 9.53 Å². The lowest BCUT2D eigenvalue weighted by molar-refractivity contribution is 0.111. The molecule has 130 valence electrons. The summed E-state index contributed by atoms with van der Waals surface area (Å²) in [5, 5.41) is 5.56. The quantitative estimate of drug-likeness (QED) is 0.485. The van der Waals surface area contributed by atoms with Gasteiger partial charge in [-0.05, 0) is 24.1 Å². The molecular weight excluding hydrogens is 346 g/mol. The topological polar surface area (TPSA) is 56.5 Å². The van der Waals surface area contributed by atoms with Crippen molar-refractivity contribution in [3.63, 3.8) is 0 Å². The lowest BCUT2D eigenvalue weighted by Crippen LogP contribution is -1.97. The van der Waals surface area contributed by atoms with Crippen molar-refractivity contribution in [3.05, 3.63) is 70.9 Å². The van der Waals surface area contributed by atoms with E-state index in [1.165, 1.54) is 16.9 Å². The van der Waals surface area contributed by atoms with Gasteiger partial charge in [-0.2, -0.15) is 9.61 Å². The molecule has 0 fully saturated rings. The first-order valence-electron chi connectivity index (χ1n) is 8.31. The monoisotopic (exact) mass is 363 g/mol. The Kier molecular flexibility index (Phi) is 4.50. The average Bonchev–Trinajstić information content (AvgIpc) is 3.24. The van der Waals surface area contributed by atoms with Crippen LogP contribution < -0.4 is 4.74 Å². The number of aryl methyl sites for hydroxylation is 2. The smallest absolute Gasteiger partial charge is 0.213 e. The predicted octanol–water partition coefficient (Wildman–Crippen LogP) is 4.06. The Hall–Kier alpha value is -2.99. The van der Waals surface area contributed by atoms with E-state index in [-0.39, 0.29) is 0 Å². The number of aromatic nitrogens is 3. The van der Waals surface area contributed by atoms with Crippen LogP contribution in [-0.2, 0) is 12.8 Å². The molecule has 2 heterocycles. The molecule has 6 heteroatoms. The van der Waals surface area contributed by atoms with Gasteiger partial charge in [0, 0.05) is 12.0 Å². The Morgan fingerprint density at radius 2 is 1.85 bits per heavy atom. The second-order valence-electron chi connectivity index (χ2n) is 5.84. The lowest BCUT2D eigenvalue weighted by Gasteiger charge is -2.05. The van der Waals surface area contributed by atoms with E-state index in [1.54, 1.807) is 11.6 Å². The molecule has 0 N–H and O–H groups in total. The molecule has 0 radical (unpaired) electrons. The van der Waals surface area contributed by atoms with Crippen LogP contribution in [0.3, 0.4) is 0 Å². The molecule has 0 aliphatic rings. The van der Waals surface area contributed by atoms with Crippen LogP contribution in [0.5, 0.6) is 5.75 Å². The highest BCUT2D eigenvalue weighted by molar-refractivity contribution is 7.16. The summed E-state index contributed by atoms with van der Waals surface area (Å²) in [4.78, 5) is 17.1. The van der Waals surface area contributed by atoms with Crippen LogP contribution >= 0.6 is 11.3 Å². The number of carbonyl (C=O) groups excluding carboxylic acids is 1. The number of hydrogen-bond donors (Lipinski definition) is 0. The summed E-state index contributed by atoms with van der Waals surface area (Å²) in [6.07, 6.45) is 2.54. The fourth-order valence-corrected chi connectivity index (χ4v) is 3.84. The van der Waals surface area contributed by atoms with E-state index < -0.39 is 0 Å². The molecule has 0 bridgehead atoms. The Balaban J connectivity index is 1.68. The normalized spacial score (nSPS) is 11.0. The highest BCUT2D eigenvalue weighted by atomic mass is 32.1. The third kappa shape index (κ3) is 2.99. The number of hydrogen-bond acceptors (Lipinski definition) is 5. The number of para-hydroxylation sites is 1. The number of methoxy groups -OCH3 is 1. The van der Waals surface area contributed by atoms with Gasteiger partial charge < -0.3 is 4.74 Å². The van der Waals surface area contributed by atoms with Crippen molar-refractivity contribution in [2.24, 2.45) is 0 Å². The molecule has 2 aromatic heterocycles. The molecule has 0 saturated carbocycles. The molecule has 0 amide bonds. The van der Waals surface area contributed by atoms with Gasteiger partial charge in [0.05, 0.1) is 7.11 Å². The second kappa shape index (κ2) is 7.09. The molecule has 4 aromatic rings. The van der Waals surface area contributed by atoms with E-state index >= 15 is 0 Å². The highest BCUT2D eigenvalue weighted by Gasteiger charge is 2.19. The van der Waals surface area contributed by atoms with Crippen molar-refractivity contribution in [3.8, 4) is 17.0 Å². The fourth-order valence-electron chi connectivity index (χ4n) is 2.94. The van der Waals surface area contributed by atoms with Crippen LogP contribution in [0.15, 0.2) is 54.6 Å². The average molecular weight is 363 g/mol. The summed E-state index contributed by atoms with van der Waals surface area (Å²) in [5.41, 5.74) is 3.11. The number of carbonyl (C=O) groups is 1. The Morgan fingerprint density at radius 3 is 2.62 bits per heavy atom. The number of rotatable bonds is 6. The van der Waals surface area contributed by atoms with E-state index in [4.69, 9.17) is 4.74 Å². The van der Waals surface area contributed by atoms with Gasteiger partial charge in [-0.25, -0.2) is 4.98 Å². The number of nitrogens with zero attached hydrogens (tertiary/aromatic N) is 3. The molecule has 26 heavy (non-hydrogen) atoms. The predicted molar refractivity (Wildman–Crippen MR) is 102 cm³/mol. The Morgan fingerprint density at radius 1 is 1.08 bits per heavy atom. The molecule has 0 atom stereocenters. The molecule has 2 aromatic carbocycles. The van der Waals surface area contributed by atoms with Crippen LogP contribution in [0, 0.1) is 0 Å². The van der Waals surface area contributed by atoms with Gasteiger partial charge in [0.25, 0.3) is 0 Å². The summed E-state index contributed by atoms with van der Waals surface area (Å²) in [7, 11) is 1.61. The minimum absolute atomic E-state index is 0.451. The maximum Gasteiger partial charge on any atom is 0.213 e. The van der Waals surface area contributed by atoms with Crippen LogP contribution in [0.4, 0.5) is 0 Å². The first-order chi connectivity index (χ1) is 12.8. The van der Waals surface area contributed by atoms with E-state index in [0.717, 1.165) is 34.7 Å². The van der Waals surface area contributed by atoms with Crippen LogP contribution in [0.1, 0.15) is 21.1 Å². The van der Waals surface area contributed by atoms with Crippen LogP contribution in [0.25, 0.3) is 16.2 Å². The number of benzene rings is 2. The number of aldehydes is 1. The minimum atomic E-state index is 0.451. The second-order valence-corrected chi connectivity index (χ2v) is 6.88. The summed E-state index contributed by atoms with van der Waals surface area (Å²) < 4.78 is 7.04. The largest absolute Gasteiger partial charge is 0.496 e. The van der Waals surface area contributed by atoms with Crippen molar-refractivity contribution in [1.29, 1.82) is 0 Å². The van der Waals surface area contributed by atoms with Crippen LogP contribution in [-0.4, -0.2) is 28.0 Å². The molecule has 0 aliphatic carbocycles. The van der Waals surface area contributed by atoms with E-state index in [1.807, 2.05) is 42.5 Å². The van der Waals surface area contributed by atoms with Gasteiger partial charge in [0.15, 0.2) is 6.29 Å². The maximum absolute atomic E-state index is 11.7. The lowest BCUT2D eigenvalue weighted by atomic mass is 10.1. The molecule has 5 nitrogen and oxygen atoms in total. The maximum atomic E-state index is 11.7. The Bertz CT molecular complexity index is 1050. The van der Waals surface area contributed by atoms with Crippen molar-refractivity contribution in [1.82, 2.24) is 14.6 Å². The van der Waals surface area contributed by atoms with Gasteiger partial charge in [0.2, 0.25) is 4.96 Å². The Labute approximate surface area is 154 Å². The molecule has 0 unspecified atom stereocenters. The highest BCUT2D eigenvalue weighted by Crippen LogP contribution is 2.32. The molecule has 0 saturated heterocycles. The summed E-state index contributed by atoms with van der Waals surface area (Å²) in [6.45, 7) is 0.